The van der Waals surface area contributed by atoms with Gasteiger partial charge >= 0.3 is 0 Å². The predicted octanol–water partition coefficient (Wildman–Crippen LogP) is 4.47. The van der Waals surface area contributed by atoms with E-state index in [0.717, 1.165) is 26.8 Å². The number of rotatable bonds is 4. The van der Waals surface area contributed by atoms with E-state index < -0.39 is 0 Å². The van der Waals surface area contributed by atoms with Crippen molar-refractivity contribution in [2.24, 2.45) is 0 Å². The minimum absolute atomic E-state index is 0.00115. The van der Waals surface area contributed by atoms with E-state index in [1.165, 1.54) is 0 Å². The molecule has 1 N–H and O–H groups in total. The smallest absolute Gasteiger partial charge is 0.224 e. The quantitative estimate of drug-likeness (QED) is 0.748. The maximum absolute atomic E-state index is 12.0. The molecule has 0 aliphatic heterocycles. The first-order valence-electron chi connectivity index (χ1n) is 7.02. The lowest BCUT2D eigenvalue weighted by Crippen LogP contribution is -2.12. The van der Waals surface area contributed by atoms with Gasteiger partial charge in [0, 0.05) is 23.5 Å². The van der Waals surface area contributed by atoms with Crippen LogP contribution >= 0.6 is 15.9 Å². The molecule has 2 aromatic carbocycles. The van der Waals surface area contributed by atoms with Gasteiger partial charge in [0.2, 0.25) is 5.91 Å². The molecule has 1 heterocycles. The van der Waals surface area contributed by atoms with Crippen molar-refractivity contribution in [3.05, 3.63) is 58.4 Å². The Hall–Kier alpha value is -2.14. The molecule has 0 unspecified atom stereocenters. The van der Waals surface area contributed by atoms with Gasteiger partial charge in [-0.3, -0.25) is 4.79 Å². The van der Waals surface area contributed by atoms with Crippen LogP contribution in [0, 0.1) is 6.92 Å². The normalized spacial score (nSPS) is 10.8. The number of aromatic nitrogens is 1. The number of carbonyl (C=O) groups excluding carboxylic acids is 1. The molecule has 0 saturated heterocycles. The molecule has 5 heteroatoms. The minimum Gasteiger partial charge on any atom is -0.441 e. The molecule has 3 rings (SSSR count). The Balaban J connectivity index is 1.60. The Kier molecular flexibility index (Phi) is 4.24. The summed E-state index contributed by atoms with van der Waals surface area (Å²) >= 11 is 3.37. The number of amides is 1. The van der Waals surface area contributed by atoms with Crippen molar-refractivity contribution in [2.75, 3.05) is 5.32 Å². The highest BCUT2D eigenvalue weighted by Gasteiger charge is 2.06. The molecule has 0 fully saturated rings. The second-order valence-electron chi connectivity index (χ2n) is 5.09. The van der Waals surface area contributed by atoms with Gasteiger partial charge in [0.15, 0.2) is 11.5 Å². The first kappa shape index (κ1) is 14.8. The van der Waals surface area contributed by atoms with Crippen LogP contribution in [0.5, 0.6) is 0 Å². The average molecular weight is 359 g/mol. The van der Waals surface area contributed by atoms with Gasteiger partial charge in [-0.1, -0.05) is 22.0 Å². The summed E-state index contributed by atoms with van der Waals surface area (Å²) in [5.41, 5.74) is 3.49. The zero-order chi connectivity index (χ0) is 15.5. The summed E-state index contributed by atoms with van der Waals surface area (Å²) in [7, 11) is 0. The van der Waals surface area contributed by atoms with Crippen molar-refractivity contribution in [3.63, 3.8) is 0 Å². The Labute approximate surface area is 136 Å². The zero-order valence-electron chi connectivity index (χ0n) is 12.1. The number of aryl methyl sites for hydroxylation is 2. The summed E-state index contributed by atoms with van der Waals surface area (Å²) in [6.07, 6.45) is 1.10. The number of anilines is 1. The minimum atomic E-state index is -0.00115. The van der Waals surface area contributed by atoms with E-state index in [1.807, 2.05) is 49.4 Å². The average Bonchev–Trinajstić information content (AvgIpc) is 2.87. The summed E-state index contributed by atoms with van der Waals surface area (Å²) < 4.78 is 6.43. The summed E-state index contributed by atoms with van der Waals surface area (Å²) in [5, 5.41) is 2.89. The van der Waals surface area contributed by atoms with Crippen LogP contribution in [0.3, 0.4) is 0 Å². The van der Waals surface area contributed by atoms with Crippen LogP contribution in [-0.4, -0.2) is 10.9 Å². The van der Waals surface area contributed by atoms with E-state index in [4.69, 9.17) is 4.42 Å². The number of hydrogen-bond donors (Lipinski definition) is 1. The van der Waals surface area contributed by atoms with Crippen molar-refractivity contribution in [2.45, 2.75) is 19.8 Å². The largest absolute Gasteiger partial charge is 0.441 e. The van der Waals surface area contributed by atoms with Gasteiger partial charge in [0.1, 0.15) is 5.52 Å². The van der Waals surface area contributed by atoms with Crippen molar-refractivity contribution >= 4 is 38.6 Å². The molecule has 3 aromatic rings. The summed E-state index contributed by atoms with van der Waals surface area (Å²) in [4.78, 5) is 16.3. The number of oxazole rings is 1. The molecule has 22 heavy (non-hydrogen) atoms. The molecular formula is C17H15BrN2O2. The molecule has 0 aliphatic rings. The molecule has 112 valence electrons. The zero-order valence-corrected chi connectivity index (χ0v) is 13.7. The van der Waals surface area contributed by atoms with Crippen LogP contribution in [0.15, 0.2) is 51.4 Å². The summed E-state index contributed by atoms with van der Waals surface area (Å²) in [6.45, 7) is 1.82. The Morgan fingerprint density at radius 3 is 2.77 bits per heavy atom. The van der Waals surface area contributed by atoms with Crippen molar-refractivity contribution < 1.29 is 9.21 Å². The van der Waals surface area contributed by atoms with E-state index in [1.54, 1.807) is 0 Å². The number of carbonyl (C=O) groups is 1. The highest BCUT2D eigenvalue weighted by Crippen LogP contribution is 2.18. The first-order chi connectivity index (χ1) is 10.6. The standard InChI is InChI=1S/C17H15BrN2O2/c1-11-19-15-10-12(2-8-16(15)22-11)3-9-17(21)20-14-6-4-13(18)5-7-14/h2,4-8,10H,3,9H2,1H3,(H,20,21). The van der Waals surface area contributed by atoms with Gasteiger partial charge in [-0.15, -0.1) is 0 Å². The summed E-state index contributed by atoms with van der Waals surface area (Å²) in [5.74, 6) is 0.652. The fourth-order valence-corrected chi connectivity index (χ4v) is 2.52. The molecule has 1 aromatic heterocycles. The number of halogens is 1. The van der Waals surface area contributed by atoms with Crippen LogP contribution in [-0.2, 0) is 11.2 Å². The van der Waals surface area contributed by atoms with Gasteiger partial charge in [0.25, 0.3) is 0 Å². The molecule has 0 bridgehead atoms. The topological polar surface area (TPSA) is 55.1 Å². The van der Waals surface area contributed by atoms with Gasteiger partial charge in [-0.2, -0.15) is 0 Å². The SMILES string of the molecule is Cc1nc2cc(CCC(=O)Nc3ccc(Br)cc3)ccc2o1. The number of hydrogen-bond acceptors (Lipinski definition) is 3. The van der Waals surface area contributed by atoms with E-state index in [2.05, 4.69) is 26.2 Å². The molecule has 0 radical (unpaired) electrons. The maximum Gasteiger partial charge on any atom is 0.224 e. The second kappa shape index (κ2) is 6.32. The van der Waals surface area contributed by atoms with Crippen LogP contribution in [0.25, 0.3) is 11.1 Å². The lowest BCUT2D eigenvalue weighted by Gasteiger charge is -2.05. The number of nitrogens with zero attached hydrogens (tertiary/aromatic N) is 1. The molecule has 1 amide bonds. The van der Waals surface area contributed by atoms with Crippen LogP contribution in [0.2, 0.25) is 0 Å². The maximum atomic E-state index is 12.0. The van der Waals surface area contributed by atoms with Crippen LogP contribution in [0.4, 0.5) is 5.69 Å². The fourth-order valence-electron chi connectivity index (χ4n) is 2.26. The molecule has 4 nitrogen and oxygen atoms in total. The molecule has 0 saturated carbocycles. The number of fused-ring (bicyclic) bond motifs is 1. The van der Waals surface area contributed by atoms with E-state index in [9.17, 15) is 4.79 Å². The van der Waals surface area contributed by atoms with E-state index in [-0.39, 0.29) is 5.91 Å². The third kappa shape index (κ3) is 3.54. The van der Waals surface area contributed by atoms with Crippen LogP contribution < -0.4 is 5.32 Å². The predicted molar refractivity (Wildman–Crippen MR) is 89.8 cm³/mol. The Bertz CT molecular complexity index is 809. The number of nitrogens with one attached hydrogen (secondary N) is 1. The molecule has 0 spiro atoms. The van der Waals surface area contributed by atoms with Crippen LogP contribution in [0.1, 0.15) is 17.9 Å². The Morgan fingerprint density at radius 1 is 1.23 bits per heavy atom. The third-order valence-electron chi connectivity index (χ3n) is 3.33. The highest BCUT2D eigenvalue weighted by molar-refractivity contribution is 9.10. The highest BCUT2D eigenvalue weighted by atomic mass is 79.9. The fraction of sp³-hybridized carbons (Fsp3) is 0.176. The van der Waals surface area contributed by atoms with E-state index in [0.29, 0.717) is 18.7 Å². The second-order valence-corrected chi connectivity index (χ2v) is 6.01. The van der Waals surface area contributed by atoms with E-state index >= 15 is 0 Å². The monoisotopic (exact) mass is 358 g/mol. The third-order valence-corrected chi connectivity index (χ3v) is 3.86. The number of benzene rings is 2. The van der Waals surface area contributed by atoms with Crippen molar-refractivity contribution in [1.82, 2.24) is 4.98 Å². The Morgan fingerprint density at radius 2 is 2.00 bits per heavy atom. The lowest BCUT2D eigenvalue weighted by atomic mass is 10.1. The summed E-state index contributed by atoms with van der Waals surface area (Å²) in [6, 6.07) is 13.4. The van der Waals surface area contributed by atoms with Gasteiger partial charge in [0.05, 0.1) is 0 Å². The van der Waals surface area contributed by atoms with Gasteiger partial charge < -0.3 is 9.73 Å². The lowest BCUT2D eigenvalue weighted by molar-refractivity contribution is -0.116. The van der Waals surface area contributed by atoms with Gasteiger partial charge in [-0.05, 0) is 48.4 Å². The van der Waals surface area contributed by atoms with Crippen molar-refractivity contribution in [3.8, 4) is 0 Å². The molecule has 0 atom stereocenters. The molecule has 0 aliphatic carbocycles. The molecular weight excluding hydrogens is 344 g/mol. The first-order valence-corrected chi connectivity index (χ1v) is 7.81. The van der Waals surface area contributed by atoms with Gasteiger partial charge in [-0.25, -0.2) is 4.98 Å². The van der Waals surface area contributed by atoms with Crippen molar-refractivity contribution in [1.29, 1.82) is 0 Å².